The van der Waals surface area contributed by atoms with Gasteiger partial charge in [0.15, 0.2) is 0 Å². The SMILES string of the molecule is CC(O)CN(C)C(=O)C1CCC(CN)CC1. The van der Waals surface area contributed by atoms with E-state index in [2.05, 4.69) is 0 Å². The minimum Gasteiger partial charge on any atom is -0.392 e. The Kier molecular flexibility index (Phi) is 5.22. The molecular formula is C12H24N2O2. The molecule has 0 saturated heterocycles. The van der Waals surface area contributed by atoms with Crippen LogP contribution in [0.5, 0.6) is 0 Å². The van der Waals surface area contributed by atoms with Gasteiger partial charge in [-0.05, 0) is 45.1 Å². The molecule has 1 amide bonds. The summed E-state index contributed by atoms with van der Waals surface area (Å²) in [6.45, 7) is 2.87. The molecule has 1 atom stereocenters. The highest BCUT2D eigenvalue weighted by atomic mass is 16.3. The van der Waals surface area contributed by atoms with Gasteiger partial charge in [0, 0.05) is 19.5 Å². The highest BCUT2D eigenvalue weighted by molar-refractivity contribution is 5.78. The number of hydrogen-bond donors (Lipinski definition) is 2. The third kappa shape index (κ3) is 3.76. The summed E-state index contributed by atoms with van der Waals surface area (Å²) in [7, 11) is 1.77. The van der Waals surface area contributed by atoms with Gasteiger partial charge in [-0.25, -0.2) is 0 Å². The van der Waals surface area contributed by atoms with Gasteiger partial charge >= 0.3 is 0 Å². The number of rotatable bonds is 4. The van der Waals surface area contributed by atoms with Crippen molar-refractivity contribution in [1.82, 2.24) is 4.90 Å². The Balaban J connectivity index is 2.38. The maximum atomic E-state index is 12.0. The topological polar surface area (TPSA) is 66.6 Å². The van der Waals surface area contributed by atoms with E-state index in [0.717, 1.165) is 32.2 Å². The minimum atomic E-state index is -0.450. The molecule has 4 heteroatoms. The molecule has 1 saturated carbocycles. The van der Waals surface area contributed by atoms with Crippen molar-refractivity contribution >= 4 is 5.91 Å². The third-order valence-electron chi connectivity index (χ3n) is 3.44. The molecule has 0 bridgehead atoms. The van der Waals surface area contributed by atoms with Crippen molar-refractivity contribution in [3.8, 4) is 0 Å². The predicted octanol–water partition coefficient (Wildman–Crippen LogP) is 0.591. The van der Waals surface area contributed by atoms with Gasteiger partial charge in [-0.1, -0.05) is 0 Å². The molecule has 1 aliphatic rings. The van der Waals surface area contributed by atoms with Crippen LogP contribution in [-0.2, 0) is 4.79 Å². The molecule has 0 spiro atoms. The van der Waals surface area contributed by atoms with Gasteiger partial charge in [-0.15, -0.1) is 0 Å². The van der Waals surface area contributed by atoms with Crippen molar-refractivity contribution in [1.29, 1.82) is 0 Å². The normalized spacial score (nSPS) is 27.5. The number of nitrogens with two attached hydrogens (primary N) is 1. The van der Waals surface area contributed by atoms with Crippen LogP contribution in [0.3, 0.4) is 0 Å². The number of aliphatic hydroxyl groups is 1. The van der Waals surface area contributed by atoms with Crippen LogP contribution >= 0.6 is 0 Å². The van der Waals surface area contributed by atoms with E-state index in [1.165, 1.54) is 0 Å². The van der Waals surface area contributed by atoms with Gasteiger partial charge < -0.3 is 15.7 Å². The maximum absolute atomic E-state index is 12.0. The summed E-state index contributed by atoms with van der Waals surface area (Å²) >= 11 is 0. The molecule has 3 N–H and O–H groups in total. The van der Waals surface area contributed by atoms with Crippen LogP contribution in [0.2, 0.25) is 0 Å². The summed E-state index contributed by atoms with van der Waals surface area (Å²) in [4.78, 5) is 13.7. The molecular weight excluding hydrogens is 204 g/mol. The zero-order valence-electron chi connectivity index (χ0n) is 10.4. The number of likely N-dealkylation sites (N-methyl/N-ethyl adjacent to an activating group) is 1. The number of carbonyl (C=O) groups excluding carboxylic acids is 1. The lowest BCUT2D eigenvalue weighted by Crippen LogP contribution is -2.39. The van der Waals surface area contributed by atoms with Crippen LogP contribution in [0.25, 0.3) is 0 Å². The molecule has 1 fully saturated rings. The number of carbonyl (C=O) groups is 1. The highest BCUT2D eigenvalue weighted by Crippen LogP contribution is 2.29. The van der Waals surface area contributed by atoms with Gasteiger partial charge in [0.25, 0.3) is 0 Å². The minimum absolute atomic E-state index is 0.145. The van der Waals surface area contributed by atoms with Crippen molar-refractivity contribution in [3.05, 3.63) is 0 Å². The maximum Gasteiger partial charge on any atom is 0.225 e. The average Bonchev–Trinajstić information content (AvgIpc) is 2.27. The Hall–Kier alpha value is -0.610. The summed E-state index contributed by atoms with van der Waals surface area (Å²) in [6.07, 6.45) is 3.58. The smallest absolute Gasteiger partial charge is 0.225 e. The Bertz CT molecular complexity index is 223. The van der Waals surface area contributed by atoms with E-state index in [1.54, 1.807) is 18.9 Å². The van der Waals surface area contributed by atoms with E-state index in [0.29, 0.717) is 12.5 Å². The van der Waals surface area contributed by atoms with Crippen LogP contribution in [0.1, 0.15) is 32.6 Å². The van der Waals surface area contributed by atoms with E-state index < -0.39 is 6.10 Å². The number of aliphatic hydroxyl groups excluding tert-OH is 1. The second-order valence-electron chi connectivity index (χ2n) is 5.02. The first-order chi connectivity index (χ1) is 7.54. The van der Waals surface area contributed by atoms with Crippen LogP contribution in [0.4, 0.5) is 0 Å². The Morgan fingerprint density at radius 1 is 1.44 bits per heavy atom. The number of amides is 1. The molecule has 94 valence electrons. The van der Waals surface area contributed by atoms with Crippen LogP contribution in [0.15, 0.2) is 0 Å². The summed E-state index contributed by atoms with van der Waals surface area (Å²) in [5.41, 5.74) is 5.62. The van der Waals surface area contributed by atoms with Crippen molar-refractivity contribution in [2.75, 3.05) is 20.1 Å². The molecule has 1 unspecified atom stereocenters. The fourth-order valence-electron chi connectivity index (χ4n) is 2.44. The van der Waals surface area contributed by atoms with Gasteiger partial charge in [-0.2, -0.15) is 0 Å². The fraction of sp³-hybridized carbons (Fsp3) is 0.917. The predicted molar refractivity (Wildman–Crippen MR) is 63.8 cm³/mol. The lowest BCUT2D eigenvalue weighted by molar-refractivity contribution is -0.136. The molecule has 1 rings (SSSR count). The quantitative estimate of drug-likeness (QED) is 0.740. The molecule has 0 aliphatic heterocycles. The van der Waals surface area contributed by atoms with Crippen molar-refractivity contribution < 1.29 is 9.90 Å². The molecule has 4 nitrogen and oxygen atoms in total. The average molecular weight is 228 g/mol. The first-order valence-corrected chi connectivity index (χ1v) is 6.17. The van der Waals surface area contributed by atoms with Gasteiger partial charge in [0.2, 0.25) is 5.91 Å². The second kappa shape index (κ2) is 6.21. The van der Waals surface area contributed by atoms with E-state index in [1.807, 2.05) is 0 Å². The fourth-order valence-corrected chi connectivity index (χ4v) is 2.44. The molecule has 0 aromatic carbocycles. The summed E-state index contributed by atoms with van der Waals surface area (Å²) in [5.74, 6) is 0.925. The van der Waals surface area contributed by atoms with E-state index in [4.69, 9.17) is 5.73 Å². The largest absolute Gasteiger partial charge is 0.392 e. The number of hydrogen-bond acceptors (Lipinski definition) is 3. The first-order valence-electron chi connectivity index (χ1n) is 6.17. The highest BCUT2D eigenvalue weighted by Gasteiger charge is 2.27. The summed E-state index contributed by atoms with van der Waals surface area (Å²) in [6, 6.07) is 0. The molecule has 0 aromatic heterocycles. The van der Waals surface area contributed by atoms with Gasteiger partial charge in [-0.3, -0.25) is 4.79 Å². The zero-order valence-corrected chi connectivity index (χ0v) is 10.4. The molecule has 1 aliphatic carbocycles. The Morgan fingerprint density at radius 3 is 2.44 bits per heavy atom. The molecule has 0 heterocycles. The third-order valence-corrected chi connectivity index (χ3v) is 3.44. The molecule has 0 aromatic rings. The lowest BCUT2D eigenvalue weighted by atomic mass is 9.81. The second-order valence-corrected chi connectivity index (χ2v) is 5.02. The first kappa shape index (κ1) is 13.5. The monoisotopic (exact) mass is 228 g/mol. The summed E-state index contributed by atoms with van der Waals surface area (Å²) < 4.78 is 0. The Labute approximate surface area is 97.8 Å². The van der Waals surface area contributed by atoms with Crippen LogP contribution < -0.4 is 5.73 Å². The van der Waals surface area contributed by atoms with Crippen molar-refractivity contribution in [2.24, 2.45) is 17.6 Å². The molecule has 16 heavy (non-hydrogen) atoms. The lowest BCUT2D eigenvalue weighted by Gasteiger charge is -2.30. The van der Waals surface area contributed by atoms with Crippen molar-refractivity contribution in [2.45, 2.75) is 38.7 Å². The molecule has 0 radical (unpaired) electrons. The number of nitrogens with zero attached hydrogens (tertiary/aromatic N) is 1. The van der Waals surface area contributed by atoms with Gasteiger partial charge in [0.1, 0.15) is 0 Å². The van der Waals surface area contributed by atoms with E-state index in [9.17, 15) is 9.90 Å². The Morgan fingerprint density at radius 2 is 2.00 bits per heavy atom. The standard InChI is InChI=1S/C12H24N2O2/c1-9(15)8-14(2)12(16)11-5-3-10(7-13)4-6-11/h9-11,15H,3-8,13H2,1-2H3. The van der Waals surface area contributed by atoms with Gasteiger partial charge in [0.05, 0.1) is 6.10 Å². The van der Waals surface area contributed by atoms with Crippen LogP contribution in [0, 0.1) is 11.8 Å². The van der Waals surface area contributed by atoms with E-state index >= 15 is 0 Å². The van der Waals surface area contributed by atoms with Crippen LogP contribution in [-0.4, -0.2) is 42.2 Å². The zero-order chi connectivity index (χ0) is 12.1. The van der Waals surface area contributed by atoms with Crippen molar-refractivity contribution in [3.63, 3.8) is 0 Å². The van der Waals surface area contributed by atoms with E-state index in [-0.39, 0.29) is 11.8 Å². The summed E-state index contributed by atoms with van der Waals surface area (Å²) in [5, 5.41) is 9.24.